The summed E-state index contributed by atoms with van der Waals surface area (Å²) in [6, 6.07) is 3.19. The smallest absolute Gasteiger partial charge is 0.250 e. The third-order valence-electron chi connectivity index (χ3n) is 6.57. The first-order valence-corrected chi connectivity index (χ1v) is 10.6. The molecule has 18 heteroatoms. The molecule has 1 heterocycles. The predicted molar refractivity (Wildman–Crippen MR) is 98.6 cm³/mol. The highest BCUT2D eigenvalue weighted by atomic mass is 19.4. The molecule has 3 rings (SSSR count). The number of rotatable bonds is 6. The van der Waals surface area contributed by atoms with Crippen molar-refractivity contribution < 1.29 is 75.1 Å². The fourth-order valence-electron chi connectivity index (χ4n) is 4.49. The summed E-state index contributed by atoms with van der Waals surface area (Å²) in [5.74, 6) is -56.7. The van der Waals surface area contributed by atoms with Gasteiger partial charge in [0.1, 0.15) is 0 Å². The van der Waals surface area contributed by atoms with Crippen LogP contribution in [0.4, 0.5) is 70.2 Å². The quantitative estimate of drug-likeness (QED) is 0.306. The van der Waals surface area contributed by atoms with Crippen LogP contribution < -0.4 is 0 Å². The summed E-state index contributed by atoms with van der Waals surface area (Å²) in [6.07, 6.45) is -8.68. The second kappa shape index (κ2) is 8.28. The number of hydrogen-bond acceptors (Lipinski definition) is 2. The van der Waals surface area contributed by atoms with Crippen LogP contribution in [-0.4, -0.2) is 58.2 Å². The molecule has 1 aromatic carbocycles. The lowest BCUT2D eigenvalue weighted by Crippen LogP contribution is -2.75. The lowest BCUT2D eigenvalue weighted by Gasteiger charge is -2.44. The SMILES string of the molecule is CC(C)(C)N1O[C@@](F)(C(F)(F)C(F)(F)C(F)(F)C(F)(F)C(F)(F)C(F)(F)C(F)(F)F)[C@@H]2Cc3ccccc3[C@@H]21. The molecule has 0 aromatic heterocycles. The standard InChI is InChI=1S/C21H17F16NO/c1-13(2,3)38-12-10-7-5-4-6-9(10)8-11(12)14(22,39-38)15(23,24)16(25,26)17(27,28)18(29,30)19(31,32)20(33,34)21(35,36)37/h4-7,11-12H,8H2,1-3H3/t11-,12+,14-/m1/s1. The molecule has 1 fully saturated rings. The normalized spacial score (nSPS) is 26.1. The second-order valence-electron chi connectivity index (χ2n) is 10.1. The van der Waals surface area contributed by atoms with Gasteiger partial charge in [0.05, 0.1) is 12.0 Å². The van der Waals surface area contributed by atoms with E-state index in [1.165, 1.54) is 24.3 Å². The minimum absolute atomic E-state index is 0.000339. The summed E-state index contributed by atoms with van der Waals surface area (Å²) in [5.41, 5.74) is -1.63. The van der Waals surface area contributed by atoms with E-state index in [0.717, 1.165) is 20.8 Å². The number of fused-ring (bicyclic) bond motifs is 3. The van der Waals surface area contributed by atoms with E-state index in [1.54, 1.807) is 0 Å². The molecule has 0 saturated carbocycles. The first-order valence-electron chi connectivity index (χ1n) is 10.6. The maximum Gasteiger partial charge on any atom is 0.460 e. The molecule has 1 aliphatic carbocycles. The van der Waals surface area contributed by atoms with E-state index >= 15 is 13.2 Å². The van der Waals surface area contributed by atoms with Crippen molar-refractivity contribution in [1.29, 1.82) is 0 Å². The second-order valence-corrected chi connectivity index (χ2v) is 10.1. The highest BCUT2D eigenvalue weighted by Crippen LogP contribution is 2.68. The largest absolute Gasteiger partial charge is 0.460 e. The Bertz CT molecular complexity index is 1110. The van der Waals surface area contributed by atoms with Gasteiger partial charge in [-0.05, 0) is 38.3 Å². The van der Waals surface area contributed by atoms with Gasteiger partial charge in [-0.3, -0.25) is 4.84 Å². The van der Waals surface area contributed by atoms with Crippen molar-refractivity contribution in [2.24, 2.45) is 5.92 Å². The molecule has 224 valence electrons. The molecule has 0 spiro atoms. The van der Waals surface area contributed by atoms with Crippen LogP contribution in [0.2, 0.25) is 0 Å². The average Bonchev–Trinajstić information content (AvgIpc) is 3.28. The molecule has 0 amide bonds. The van der Waals surface area contributed by atoms with E-state index in [4.69, 9.17) is 0 Å². The molecule has 0 bridgehead atoms. The lowest BCUT2D eigenvalue weighted by molar-refractivity contribution is -0.473. The van der Waals surface area contributed by atoms with Crippen LogP contribution in [0, 0.1) is 5.92 Å². The van der Waals surface area contributed by atoms with E-state index in [-0.39, 0.29) is 11.1 Å². The highest BCUT2D eigenvalue weighted by molar-refractivity contribution is 5.38. The van der Waals surface area contributed by atoms with Crippen LogP contribution in [0.15, 0.2) is 24.3 Å². The van der Waals surface area contributed by atoms with Gasteiger partial charge in [0.25, 0.3) is 0 Å². The van der Waals surface area contributed by atoms with Crippen LogP contribution in [0.1, 0.15) is 37.9 Å². The maximum atomic E-state index is 15.9. The third kappa shape index (κ3) is 3.78. The highest BCUT2D eigenvalue weighted by Gasteiger charge is 2.96. The summed E-state index contributed by atoms with van der Waals surface area (Å²) >= 11 is 0. The molecular weight excluding hydrogens is 586 g/mol. The Morgan fingerprint density at radius 3 is 1.59 bits per heavy atom. The fourth-order valence-corrected chi connectivity index (χ4v) is 4.49. The molecule has 1 aromatic rings. The Morgan fingerprint density at radius 1 is 0.692 bits per heavy atom. The zero-order chi connectivity index (χ0) is 30.6. The van der Waals surface area contributed by atoms with Crippen molar-refractivity contribution in [3.05, 3.63) is 35.4 Å². The van der Waals surface area contributed by atoms with E-state index in [0.29, 0.717) is 5.06 Å². The Hall–Kier alpha value is -1.98. The Balaban J connectivity index is 2.17. The van der Waals surface area contributed by atoms with Crippen molar-refractivity contribution in [3.8, 4) is 0 Å². The number of nitrogens with zero attached hydrogens (tertiary/aromatic N) is 1. The van der Waals surface area contributed by atoms with Gasteiger partial charge in [0.15, 0.2) is 0 Å². The number of alkyl halides is 16. The van der Waals surface area contributed by atoms with Gasteiger partial charge in [-0.15, -0.1) is 0 Å². The summed E-state index contributed by atoms with van der Waals surface area (Å²) in [4.78, 5) is 4.35. The molecule has 0 radical (unpaired) electrons. The van der Waals surface area contributed by atoms with Crippen molar-refractivity contribution in [1.82, 2.24) is 5.06 Å². The molecular formula is C21H17F16NO. The van der Waals surface area contributed by atoms with Gasteiger partial charge in [0, 0.05) is 5.54 Å². The van der Waals surface area contributed by atoms with Crippen LogP contribution in [0.5, 0.6) is 0 Å². The van der Waals surface area contributed by atoms with Gasteiger partial charge in [-0.2, -0.15) is 70.9 Å². The summed E-state index contributed by atoms with van der Waals surface area (Å²) in [6.45, 7) is 3.45. The number of halogens is 16. The topological polar surface area (TPSA) is 12.5 Å². The minimum Gasteiger partial charge on any atom is -0.250 e. The average molecular weight is 603 g/mol. The number of hydrogen-bond donors (Lipinski definition) is 0. The van der Waals surface area contributed by atoms with E-state index in [1.807, 2.05) is 0 Å². The minimum atomic E-state index is -8.51. The Morgan fingerprint density at radius 2 is 1.13 bits per heavy atom. The number of benzene rings is 1. The fraction of sp³-hybridized carbons (Fsp3) is 0.714. The van der Waals surface area contributed by atoms with Gasteiger partial charge in [-0.25, -0.2) is 4.39 Å². The van der Waals surface area contributed by atoms with Crippen LogP contribution in [0.3, 0.4) is 0 Å². The monoisotopic (exact) mass is 603 g/mol. The molecule has 1 saturated heterocycles. The third-order valence-corrected chi connectivity index (χ3v) is 6.57. The molecule has 2 aliphatic rings. The van der Waals surface area contributed by atoms with Crippen LogP contribution in [-0.2, 0) is 11.3 Å². The van der Waals surface area contributed by atoms with Crippen molar-refractivity contribution in [2.75, 3.05) is 0 Å². The molecule has 1 aliphatic heterocycles. The summed E-state index contributed by atoms with van der Waals surface area (Å²) in [7, 11) is 0. The molecule has 39 heavy (non-hydrogen) atoms. The van der Waals surface area contributed by atoms with E-state index < -0.39 is 71.5 Å². The van der Waals surface area contributed by atoms with Crippen molar-refractivity contribution in [2.45, 2.75) is 86.3 Å². The maximum absolute atomic E-state index is 15.9. The predicted octanol–water partition coefficient (Wildman–Crippen LogP) is 7.99. The van der Waals surface area contributed by atoms with Gasteiger partial charge in [0.2, 0.25) is 0 Å². The summed E-state index contributed by atoms with van der Waals surface area (Å²) < 4.78 is 222. The zero-order valence-electron chi connectivity index (χ0n) is 19.6. The van der Waals surface area contributed by atoms with Gasteiger partial charge >= 0.3 is 47.6 Å². The Kier molecular flexibility index (Phi) is 6.70. The molecule has 2 nitrogen and oxygen atoms in total. The molecule has 0 N–H and O–H groups in total. The van der Waals surface area contributed by atoms with E-state index in [2.05, 4.69) is 4.84 Å². The number of hydroxylamine groups is 2. The lowest BCUT2D eigenvalue weighted by atomic mass is 9.82. The Labute approximate surface area is 208 Å². The first kappa shape index (κ1) is 31.5. The molecule has 3 atom stereocenters. The van der Waals surface area contributed by atoms with Crippen molar-refractivity contribution >= 4 is 0 Å². The zero-order valence-corrected chi connectivity index (χ0v) is 19.6. The van der Waals surface area contributed by atoms with Gasteiger partial charge < -0.3 is 0 Å². The van der Waals surface area contributed by atoms with E-state index in [9.17, 15) is 57.1 Å². The molecule has 0 unspecified atom stereocenters. The van der Waals surface area contributed by atoms with Crippen molar-refractivity contribution in [3.63, 3.8) is 0 Å². The van der Waals surface area contributed by atoms with Crippen LogP contribution in [0.25, 0.3) is 0 Å². The van der Waals surface area contributed by atoms with Gasteiger partial charge in [-0.1, -0.05) is 24.3 Å². The first-order chi connectivity index (χ1) is 17.1. The summed E-state index contributed by atoms with van der Waals surface area (Å²) in [5, 5.41) is 0.330. The van der Waals surface area contributed by atoms with Crippen LogP contribution >= 0.6 is 0 Å².